The van der Waals surface area contributed by atoms with E-state index in [0.29, 0.717) is 12.4 Å². The Morgan fingerprint density at radius 3 is 2.63 bits per heavy atom. The van der Waals surface area contributed by atoms with Gasteiger partial charge < -0.3 is 25.2 Å². The molecular weight excluding hydrogens is 372 g/mol. The maximum Gasteiger partial charge on any atom is 0.407 e. The Morgan fingerprint density at radius 1 is 1.37 bits per heavy atom. The van der Waals surface area contributed by atoms with Gasteiger partial charge in [0.15, 0.2) is 11.5 Å². The molecule has 2 amide bonds. The summed E-state index contributed by atoms with van der Waals surface area (Å²) in [6.45, 7) is 9.02. The number of piperidine rings is 1. The number of nitrogens with zero attached hydrogens (tertiary/aromatic N) is 1. The molecule has 0 unspecified atom stereocenters. The third-order valence-corrected chi connectivity index (χ3v) is 5.66. The quantitative estimate of drug-likeness (QED) is 0.647. The average molecular weight is 403 g/mol. The summed E-state index contributed by atoms with van der Waals surface area (Å²) in [5.74, 6) is 0.0550. The van der Waals surface area contributed by atoms with Crippen LogP contribution in [0.3, 0.4) is 0 Å². The van der Waals surface area contributed by atoms with Gasteiger partial charge in [-0.25, -0.2) is 4.79 Å². The molecule has 9 heteroatoms. The van der Waals surface area contributed by atoms with Crippen LogP contribution in [0.1, 0.15) is 56.3 Å². The molecule has 1 aromatic heterocycles. The minimum absolute atomic E-state index is 0. The molecule has 2 heterocycles. The summed E-state index contributed by atoms with van der Waals surface area (Å²) in [5, 5.41) is 12.1. The topological polar surface area (TPSA) is 105 Å². The predicted molar refractivity (Wildman–Crippen MR) is 104 cm³/mol. The van der Waals surface area contributed by atoms with Crippen LogP contribution >= 0.6 is 12.4 Å². The highest BCUT2D eigenvalue weighted by molar-refractivity contribution is 5.91. The van der Waals surface area contributed by atoms with E-state index >= 15 is 0 Å². The molecule has 0 saturated carbocycles. The first-order chi connectivity index (χ1) is 12.3. The molecule has 27 heavy (non-hydrogen) atoms. The molecule has 0 aliphatic carbocycles. The maximum atomic E-state index is 12.0. The fourth-order valence-corrected chi connectivity index (χ4v) is 3.65. The Morgan fingerprint density at radius 2 is 2.04 bits per heavy atom. The highest BCUT2D eigenvalue weighted by atomic mass is 35.5. The fraction of sp³-hybridized carbons (Fsp3) is 0.722. The van der Waals surface area contributed by atoms with Crippen LogP contribution < -0.4 is 16.0 Å². The van der Waals surface area contributed by atoms with Crippen LogP contribution in [-0.4, -0.2) is 43.9 Å². The smallest absolute Gasteiger partial charge is 0.407 e. The predicted octanol–water partition coefficient (Wildman–Crippen LogP) is 2.49. The van der Waals surface area contributed by atoms with Crippen molar-refractivity contribution in [1.82, 2.24) is 21.1 Å². The Balaban J connectivity index is 0.00000364. The van der Waals surface area contributed by atoms with Gasteiger partial charge in [-0.15, -0.1) is 12.4 Å². The van der Waals surface area contributed by atoms with Crippen LogP contribution in [0.15, 0.2) is 10.6 Å². The molecule has 1 aromatic rings. The largest absolute Gasteiger partial charge is 0.449 e. The maximum absolute atomic E-state index is 12.0. The number of aromatic nitrogens is 1. The highest BCUT2D eigenvalue weighted by Crippen LogP contribution is 2.48. The van der Waals surface area contributed by atoms with Crippen molar-refractivity contribution >= 4 is 24.4 Å². The lowest BCUT2D eigenvalue weighted by atomic mass is 9.59. The number of carbonyl (C=O) groups is 2. The van der Waals surface area contributed by atoms with Crippen LogP contribution in [0.2, 0.25) is 0 Å². The second-order valence-corrected chi connectivity index (χ2v) is 7.46. The fourth-order valence-electron chi connectivity index (χ4n) is 3.65. The van der Waals surface area contributed by atoms with Gasteiger partial charge in [0.25, 0.3) is 5.91 Å². The van der Waals surface area contributed by atoms with E-state index in [1.807, 2.05) is 0 Å². The van der Waals surface area contributed by atoms with Crippen molar-refractivity contribution in [3.8, 4) is 0 Å². The zero-order valence-corrected chi connectivity index (χ0v) is 17.3. The van der Waals surface area contributed by atoms with Crippen molar-refractivity contribution in [2.75, 3.05) is 26.7 Å². The van der Waals surface area contributed by atoms with Gasteiger partial charge in [0.2, 0.25) is 0 Å². The van der Waals surface area contributed by atoms with Crippen molar-refractivity contribution in [1.29, 1.82) is 0 Å². The number of amides is 2. The number of carbonyl (C=O) groups excluding carboxylic acids is 2. The Kier molecular flexibility index (Phi) is 8.56. The lowest BCUT2D eigenvalue weighted by Crippen LogP contribution is -2.48. The van der Waals surface area contributed by atoms with Crippen molar-refractivity contribution in [3.63, 3.8) is 0 Å². The van der Waals surface area contributed by atoms with Crippen molar-refractivity contribution in [2.45, 2.75) is 46.6 Å². The first kappa shape index (κ1) is 23.2. The second-order valence-electron chi connectivity index (χ2n) is 7.46. The number of nitrogens with one attached hydrogen (secondary N) is 3. The summed E-state index contributed by atoms with van der Waals surface area (Å²) in [6.07, 6.45) is 2.73. The minimum Gasteiger partial charge on any atom is -0.449 e. The third kappa shape index (κ3) is 5.59. The van der Waals surface area contributed by atoms with Gasteiger partial charge in [-0.3, -0.25) is 4.79 Å². The van der Waals surface area contributed by atoms with Gasteiger partial charge in [-0.2, -0.15) is 0 Å². The van der Waals surface area contributed by atoms with E-state index in [1.165, 1.54) is 13.1 Å². The first-order valence-corrected chi connectivity index (χ1v) is 9.12. The van der Waals surface area contributed by atoms with Crippen LogP contribution in [0, 0.1) is 10.8 Å². The van der Waals surface area contributed by atoms with Gasteiger partial charge in [0, 0.05) is 18.5 Å². The molecule has 3 N–H and O–H groups in total. The normalized spacial score (nSPS) is 16.1. The third-order valence-electron chi connectivity index (χ3n) is 5.66. The molecule has 1 aliphatic rings. The molecule has 0 atom stereocenters. The Labute approximate surface area is 166 Å². The molecule has 2 rings (SSSR count). The van der Waals surface area contributed by atoms with Crippen LogP contribution in [0.5, 0.6) is 0 Å². The molecule has 0 aromatic carbocycles. The second kappa shape index (κ2) is 9.94. The average Bonchev–Trinajstić information content (AvgIpc) is 3.13. The van der Waals surface area contributed by atoms with Crippen LogP contribution in [0.4, 0.5) is 4.79 Å². The zero-order chi connectivity index (χ0) is 19.2. The number of hydrogen-bond acceptors (Lipinski definition) is 6. The van der Waals surface area contributed by atoms with E-state index in [9.17, 15) is 9.59 Å². The van der Waals surface area contributed by atoms with Gasteiger partial charge in [-0.05, 0) is 37.8 Å². The SMILES string of the molecule is CCC1(C(C)(C)COC(=O)NCc2cc(C(=O)NC)no2)CCNCC1.Cl. The van der Waals surface area contributed by atoms with Crippen molar-refractivity contribution in [3.05, 3.63) is 17.5 Å². The van der Waals surface area contributed by atoms with Gasteiger partial charge in [0.05, 0.1) is 13.2 Å². The Hall–Kier alpha value is -1.80. The molecule has 8 nitrogen and oxygen atoms in total. The summed E-state index contributed by atoms with van der Waals surface area (Å²) < 4.78 is 10.5. The number of ether oxygens (including phenoxy) is 1. The van der Waals surface area contributed by atoms with Crippen LogP contribution in [0.25, 0.3) is 0 Å². The van der Waals surface area contributed by atoms with E-state index < -0.39 is 6.09 Å². The molecule has 0 radical (unpaired) electrons. The number of hydrogen-bond donors (Lipinski definition) is 3. The number of alkyl carbamates (subject to hydrolysis) is 1. The monoisotopic (exact) mass is 402 g/mol. The lowest BCUT2D eigenvalue weighted by molar-refractivity contribution is -0.0239. The lowest BCUT2D eigenvalue weighted by Gasteiger charge is -2.48. The molecule has 1 fully saturated rings. The standard InChI is InChI=1S/C18H30N4O4.ClH/c1-5-18(6-8-20-9-7-18)17(2,3)12-25-16(24)21-11-13-10-14(22-26-13)15(23)19-4;/h10,20H,5-9,11-12H2,1-4H3,(H,19,23)(H,21,24);1H. The minimum atomic E-state index is -0.504. The number of halogens is 1. The van der Waals surface area contributed by atoms with E-state index in [4.69, 9.17) is 9.26 Å². The molecule has 154 valence electrons. The van der Waals surface area contributed by atoms with E-state index in [1.54, 1.807) is 0 Å². The summed E-state index contributed by atoms with van der Waals surface area (Å²) in [5.41, 5.74) is 0.237. The van der Waals surface area contributed by atoms with Crippen molar-refractivity contribution < 1.29 is 18.8 Å². The molecule has 0 bridgehead atoms. The van der Waals surface area contributed by atoms with E-state index in [2.05, 4.69) is 41.9 Å². The van der Waals surface area contributed by atoms with Gasteiger partial charge >= 0.3 is 6.09 Å². The van der Waals surface area contributed by atoms with Gasteiger partial charge in [-0.1, -0.05) is 25.9 Å². The first-order valence-electron chi connectivity index (χ1n) is 9.12. The van der Waals surface area contributed by atoms with E-state index in [-0.39, 0.29) is 41.4 Å². The summed E-state index contributed by atoms with van der Waals surface area (Å²) in [4.78, 5) is 23.5. The molecule has 0 spiro atoms. The van der Waals surface area contributed by atoms with Crippen LogP contribution in [-0.2, 0) is 11.3 Å². The molecular formula is C18H31ClN4O4. The van der Waals surface area contributed by atoms with Gasteiger partial charge in [0.1, 0.15) is 0 Å². The molecule has 1 saturated heterocycles. The number of rotatable bonds is 7. The summed E-state index contributed by atoms with van der Waals surface area (Å²) in [7, 11) is 1.51. The highest BCUT2D eigenvalue weighted by Gasteiger charge is 2.44. The van der Waals surface area contributed by atoms with Crippen molar-refractivity contribution in [2.24, 2.45) is 10.8 Å². The zero-order valence-electron chi connectivity index (χ0n) is 16.5. The Bertz CT molecular complexity index is 627. The van der Waals surface area contributed by atoms with E-state index in [0.717, 1.165) is 32.4 Å². The summed E-state index contributed by atoms with van der Waals surface area (Å²) in [6, 6.07) is 1.49. The molecule has 1 aliphatic heterocycles. The summed E-state index contributed by atoms with van der Waals surface area (Å²) >= 11 is 0.